The molecule has 5 rings (SSSR count). The van der Waals surface area contributed by atoms with Crippen LogP contribution in [0, 0.1) is 13.8 Å². The van der Waals surface area contributed by atoms with Crippen molar-refractivity contribution in [1.82, 2.24) is 19.2 Å². The number of methoxy groups -OCH3 is 1. The summed E-state index contributed by atoms with van der Waals surface area (Å²) in [4.78, 5) is 31.3. The smallest absolute Gasteiger partial charge is 0.351 e. The number of ether oxygens (including phenoxy) is 1. The van der Waals surface area contributed by atoms with Crippen molar-refractivity contribution in [3.05, 3.63) is 93.9 Å². The number of carbonyl (C=O) groups excluding carboxylic acids is 1. The number of nitrogens with zero attached hydrogens (tertiary/aromatic N) is 4. The molecule has 2 heterocycles. The fourth-order valence-corrected chi connectivity index (χ4v) is 4.02. The first-order valence-corrected chi connectivity index (χ1v) is 10.6. The molecular weight excluding hydrogens is 416 g/mol. The van der Waals surface area contributed by atoms with Crippen LogP contribution in [0.25, 0.3) is 27.9 Å². The van der Waals surface area contributed by atoms with Crippen molar-refractivity contribution in [3.8, 4) is 17.1 Å². The van der Waals surface area contributed by atoms with Crippen LogP contribution in [0.15, 0.2) is 71.5 Å². The highest BCUT2D eigenvalue weighted by Gasteiger charge is 2.19. The SMILES string of the molecule is COc1ccc(-c2nc3c4ccccc4n(CC(=O)c4cc(C)ccc4C)c(=O)n3n2)cc1. The zero-order valence-electron chi connectivity index (χ0n) is 18.6. The van der Waals surface area contributed by atoms with Gasteiger partial charge in [0.2, 0.25) is 0 Å². The highest BCUT2D eigenvalue weighted by atomic mass is 16.5. The first kappa shape index (κ1) is 20.6. The molecule has 0 aliphatic heterocycles. The Kier molecular flexibility index (Phi) is 5.01. The van der Waals surface area contributed by atoms with Crippen molar-refractivity contribution < 1.29 is 9.53 Å². The normalized spacial score (nSPS) is 11.2. The average Bonchev–Trinajstić information content (AvgIpc) is 3.29. The van der Waals surface area contributed by atoms with Crippen LogP contribution in [0.4, 0.5) is 0 Å². The number of ketones is 1. The van der Waals surface area contributed by atoms with Gasteiger partial charge in [0, 0.05) is 16.5 Å². The van der Waals surface area contributed by atoms with Crippen LogP contribution in [-0.2, 0) is 6.54 Å². The molecular formula is C26H22N4O3. The maximum Gasteiger partial charge on any atom is 0.351 e. The molecule has 0 saturated carbocycles. The van der Waals surface area contributed by atoms with Crippen LogP contribution in [0.3, 0.4) is 0 Å². The predicted molar refractivity (Wildman–Crippen MR) is 127 cm³/mol. The Bertz CT molecular complexity index is 1580. The summed E-state index contributed by atoms with van der Waals surface area (Å²) in [5, 5.41) is 5.23. The van der Waals surface area contributed by atoms with Crippen LogP contribution in [0.1, 0.15) is 21.5 Å². The molecule has 33 heavy (non-hydrogen) atoms. The quantitative estimate of drug-likeness (QED) is 0.384. The van der Waals surface area contributed by atoms with Gasteiger partial charge < -0.3 is 4.74 Å². The summed E-state index contributed by atoms with van der Waals surface area (Å²) in [5.41, 5.74) is 3.95. The molecule has 0 amide bonds. The number of para-hydroxylation sites is 1. The number of hydrogen-bond acceptors (Lipinski definition) is 5. The molecule has 0 aliphatic rings. The Morgan fingerprint density at radius 1 is 1.00 bits per heavy atom. The second-order valence-electron chi connectivity index (χ2n) is 8.03. The first-order valence-electron chi connectivity index (χ1n) is 10.6. The summed E-state index contributed by atoms with van der Waals surface area (Å²) < 4.78 is 7.96. The standard InChI is InChI=1S/C26H22N4O3/c1-16-8-9-17(2)21(14-16)23(31)15-29-22-7-5-4-6-20(22)25-27-24(28-30(25)26(29)32)18-10-12-19(33-3)13-11-18/h4-14H,15H2,1-3H3. The number of rotatable bonds is 5. The van der Waals surface area contributed by atoms with Gasteiger partial charge >= 0.3 is 5.69 Å². The molecule has 0 fully saturated rings. The average molecular weight is 438 g/mol. The van der Waals surface area contributed by atoms with E-state index in [1.54, 1.807) is 7.11 Å². The molecule has 7 heteroatoms. The largest absolute Gasteiger partial charge is 0.497 e. The number of hydrogen-bond donors (Lipinski definition) is 0. The summed E-state index contributed by atoms with van der Waals surface area (Å²) >= 11 is 0. The van der Waals surface area contributed by atoms with Crippen LogP contribution < -0.4 is 10.4 Å². The topological polar surface area (TPSA) is 78.5 Å². The number of fused-ring (bicyclic) bond motifs is 3. The van der Waals surface area contributed by atoms with Gasteiger partial charge in [0.15, 0.2) is 17.3 Å². The van der Waals surface area contributed by atoms with Crippen LogP contribution in [-0.4, -0.2) is 32.1 Å². The lowest BCUT2D eigenvalue weighted by Gasteiger charge is -2.12. The highest BCUT2D eigenvalue weighted by molar-refractivity contribution is 5.99. The second-order valence-corrected chi connectivity index (χ2v) is 8.03. The van der Waals surface area contributed by atoms with Crippen LogP contribution in [0.5, 0.6) is 5.75 Å². The number of Topliss-reactive ketones (excluding diaryl/α,β-unsaturated/α-hetero) is 1. The lowest BCUT2D eigenvalue weighted by Crippen LogP contribution is -2.30. The molecule has 3 aromatic carbocycles. The van der Waals surface area contributed by atoms with Crippen molar-refractivity contribution in [2.24, 2.45) is 0 Å². The van der Waals surface area contributed by atoms with E-state index in [-0.39, 0.29) is 12.3 Å². The van der Waals surface area contributed by atoms with E-state index in [0.29, 0.717) is 22.6 Å². The third-order valence-electron chi connectivity index (χ3n) is 5.80. The fraction of sp³-hybridized carbons (Fsp3) is 0.154. The molecule has 0 N–H and O–H groups in total. The second kappa shape index (κ2) is 8.02. The van der Waals surface area contributed by atoms with Crippen molar-refractivity contribution in [1.29, 1.82) is 0 Å². The monoisotopic (exact) mass is 438 g/mol. The number of carbonyl (C=O) groups is 1. The number of aromatic nitrogens is 4. The molecule has 0 unspecified atom stereocenters. The van der Waals surface area contributed by atoms with E-state index in [4.69, 9.17) is 4.74 Å². The minimum Gasteiger partial charge on any atom is -0.497 e. The Morgan fingerprint density at radius 2 is 1.76 bits per heavy atom. The lowest BCUT2D eigenvalue weighted by molar-refractivity contribution is 0.0971. The van der Waals surface area contributed by atoms with Crippen LogP contribution in [0.2, 0.25) is 0 Å². The van der Waals surface area contributed by atoms with E-state index >= 15 is 0 Å². The van der Waals surface area contributed by atoms with Gasteiger partial charge in [-0.15, -0.1) is 5.10 Å². The van der Waals surface area contributed by atoms with E-state index in [1.165, 1.54) is 9.08 Å². The molecule has 164 valence electrons. The van der Waals surface area contributed by atoms with E-state index in [0.717, 1.165) is 27.8 Å². The van der Waals surface area contributed by atoms with Gasteiger partial charge in [-0.1, -0.05) is 29.8 Å². The van der Waals surface area contributed by atoms with Gasteiger partial charge in [-0.05, 0) is 61.9 Å². The summed E-state index contributed by atoms with van der Waals surface area (Å²) in [7, 11) is 1.60. The first-order chi connectivity index (χ1) is 16.0. The molecule has 0 spiro atoms. The minimum atomic E-state index is -0.408. The summed E-state index contributed by atoms with van der Waals surface area (Å²) in [6, 6.07) is 20.5. The maximum absolute atomic E-state index is 13.5. The predicted octanol–water partition coefficient (Wildman–Crippen LogP) is 4.22. The Morgan fingerprint density at radius 3 is 2.52 bits per heavy atom. The Balaban J connectivity index is 1.67. The van der Waals surface area contributed by atoms with Gasteiger partial charge in [-0.2, -0.15) is 4.52 Å². The molecule has 2 aromatic heterocycles. The molecule has 0 bridgehead atoms. The van der Waals surface area contributed by atoms with Gasteiger partial charge in [0.25, 0.3) is 0 Å². The molecule has 0 saturated heterocycles. The molecule has 7 nitrogen and oxygen atoms in total. The Hall–Kier alpha value is -4.26. The fourth-order valence-electron chi connectivity index (χ4n) is 4.02. The Labute approximate surface area is 189 Å². The summed E-state index contributed by atoms with van der Waals surface area (Å²) in [6.45, 7) is 3.76. The molecule has 0 radical (unpaired) electrons. The third kappa shape index (κ3) is 3.57. The zero-order chi connectivity index (χ0) is 23.1. The van der Waals surface area contributed by atoms with E-state index in [9.17, 15) is 9.59 Å². The lowest BCUT2D eigenvalue weighted by atomic mass is 10.0. The van der Waals surface area contributed by atoms with Gasteiger partial charge in [-0.25, -0.2) is 9.78 Å². The van der Waals surface area contributed by atoms with E-state index < -0.39 is 5.69 Å². The maximum atomic E-state index is 13.5. The summed E-state index contributed by atoms with van der Waals surface area (Å²) in [6.07, 6.45) is 0. The van der Waals surface area contributed by atoms with Crippen molar-refractivity contribution in [2.75, 3.05) is 7.11 Å². The molecule has 0 atom stereocenters. The zero-order valence-corrected chi connectivity index (χ0v) is 18.6. The van der Waals surface area contributed by atoms with E-state index in [1.807, 2.05) is 80.6 Å². The summed E-state index contributed by atoms with van der Waals surface area (Å²) in [5.74, 6) is 1.03. The molecule has 5 aromatic rings. The van der Waals surface area contributed by atoms with E-state index in [2.05, 4.69) is 10.1 Å². The third-order valence-corrected chi connectivity index (χ3v) is 5.80. The van der Waals surface area contributed by atoms with Crippen molar-refractivity contribution in [3.63, 3.8) is 0 Å². The highest BCUT2D eigenvalue weighted by Crippen LogP contribution is 2.23. The van der Waals surface area contributed by atoms with Gasteiger partial charge in [0.1, 0.15) is 5.75 Å². The number of aryl methyl sites for hydroxylation is 2. The minimum absolute atomic E-state index is 0.0860. The van der Waals surface area contributed by atoms with Gasteiger partial charge in [0.05, 0.1) is 19.2 Å². The number of benzene rings is 3. The van der Waals surface area contributed by atoms with Gasteiger partial charge in [-0.3, -0.25) is 9.36 Å². The van der Waals surface area contributed by atoms with Crippen molar-refractivity contribution >= 4 is 22.3 Å². The van der Waals surface area contributed by atoms with Crippen molar-refractivity contribution in [2.45, 2.75) is 20.4 Å². The van der Waals surface area contributed by atoms with Crippen LogP contribution >= 0.6 is 0 Å². The molecule has 0 aliphatic carbocycles.